The molecule has 2 N–H and O–H groups in total. The molecule has 1 aromatic rings. The van der Waals surface area contributed by atoms with Crippen LogP contribution in [0.5, 0.6) is 0 Å². The topological polar surface area (TPSA) is 88.5 Å². The fourth-order valence-electron chi connectivity index (χ4n) is 4.64. The van der Waals surface area contributed by atoms with Crippen molar-refractivity contribution in [2.24, 2.45) is 23.5 Å². The first kappa shape index (κ1) is 15.1. The Kier molecular flexibility index (Phi) is 3.85. The van der Waals surface area contributed by atoms with E-state index >= 15 is 0 Å². The molecule has 0 aromatic carbocycles. The van der Waals surface area contributed by atoms with E-state index in [1.165, 1.54) is 12.8 Å². The number of piperazine rings is 1. The molecule has 126 valence electrons. The van der Waals surface area contributed by atoms with E-state index in [-0.39, 0.29) is 12.0 Å². The van der Waals surface area contributed by atoms with Gasteiger partial charge in [0.2, 0.25) is 11.8 Å². The summed E-state index contributed by atoms with van der Waals surface area (Å²) in [5.41, 5.74) is 6.32. The predicted molar refractivity (Wildman–Crippen MR) is 83.2 cm³/mol. The minimum absolute atomic E-state index is 0.0696. The molecule has 4 atom stereocenters. The highest BCUT2D eigenvalue weighted by molar-refractivity contribution is 5.80. The lowest BCUT2D eigenvalue weighted by Crippen LogP contribution is -2.53. The van der Waals surface area contributed by atoms with Gasteiger partial charge in [-0.3, -0.25) is 9.69 Å². The van der Waals surface area contributed by atoms with Gasteiger partial charge in [0.25, 0.3) is 0 Å². The van der Waals surface area contributed by atoms with E-state index in [1.54, 1.807) is 6.92 Å². The molecular weight excluding hydrogens is 294 g/mol. The van der Waals surface area contributed by atoms with Crippen molar-refractivity contribution >= 4 is 5.91 Å². The van der Waals surface area contributed by atoms with Gasteiger partial charge < -0.3 is 15.2 Å². The van der Waals surface area contributed by atoms with Crippen molar-refractivity contribution in [1.82, 2.24) is 19.9 Å². The zero-order valence-corrected chi connectivity index (χ0v) is 13.6. The Balaban J connectivity index is 1.32. The van der Waals surface area contributed by atoms with Gasteiger partial charge in [0.1, 0.15) is 0 Å². The summed E-state index contributed by atoms with van der Waals surface area (Å²) in [4.78, 5) is 21.4. The number of nitrogens with two attached hydrogens (primary N) is 1. The van der Waals surface area contributed by atoms with Crippen LogP contribution in [0.1, 0.15) is 31.0 Å². The lowest BCUT2D eigenvalue weighted by molar-refractivity contribution is -0.139. The third-order valence-electron chi connectivity index (χ3n) is 5.88. The van der Waals surface area contributed by atoms with Crippen molar-refractivity contribution in [2.45, 2.75) is 38.8 Å². The van der Waals surface area contributed by atoms with Crippen molar-refractivity contribution in [2.75, 3.05) is 26.2 Å². The Morgan fingerprint density at radius 2 is 2.00 bits per heavy atom. The second kappa shape index (κ2) is 5.87. The van der Waals surface area contributed by atoms with Crippen LogP contribution in [0.3, 0.4) is 0 Å². The highest BCUT2D eigenvalue weighted by Gasteiger charge is 2.50. The Labute approximate surface area is 136 Å². The van der Waals surface area contributed by atoms with E-state index in [2.05, 4.69) is 15.0 Å². The summed E-state index contributed by atoms with van der Waals surface area (Å²) in [7, 11) is 0. The number of hydrogen-bond acceptors (Lipinski definition) is 6. The second-order valence-electron chi connectivity index (χ2n) is 7.27. The quantitative estimate of drug-likeness (QED) is 0.867. The first-order chi connectivity index (χ1) is 11.1. The molecule has 3 fully saturated rings. The Bertz CT molecular complexity index is 579. The summed E-state index contributed by atoms with van der Waals surface area (Å²) in [5.74, 6) is 2.79. The van der Waals surface area contributed by atoms with E-state index in [0.717, 1.165) is 38.4 Å². The molecule has 2 saturated carbocycles. The van der Waals surface area contributed by atoms with E-state index in [1.807, 2.05) is 4.90 Å². The molecule has 1 saturated heterocycles. The summed E-state index contributed by atoms with van der Waals surface area (Å²) in [5, 5.41) is 3.94. The maximum Gasteiger partial charge on any atom is 0.227 e. The molecule has 7 heteroatoms. The van der Waals surface area contributed by atoms with Crippen LogP contribution >= 0.6 is 0 Å². The van der Waals surface area contributed by atoms with Crippen LogP contribution in [0.15, 0.2) is 4.52 Å². The van der Waals surface area contributed by atoms with Gasteiger partial charge in [-0.25, -0.2) is 0 Å². The van der Waals surface area contributed by atoms with Crippen LogP contribution in [0, 0.1) is 24.7 Å². The summed E-state index contributed by atoms with van der Waals surface area (Å²) in [6.07, 6.45) is 3.56. The Morgan fingerprint density at radius 3 is 2.61 bits per heavy atom. The molecule has 7 nitrogen and oxygen atoms in total. The zero-order chi connectivity index (χ0) is 16.0. The largest absolute Gasteiger partial charge is 0.340 e. The monoisotopic (exact) mass is 319 g/mol. The summed E-state index contributed by atoms with van der Waals surface area (Å²) in [6, 6.07) is 0.0848. The number of aryl methyl sites for hydroxylation is 1. The first-order valence-electron chi connectivity index (χ1n) is 8.67. The molecule has 23 heavy (non-hydrogen) atoms. The fraction of sp³-hybridized carbons (Fsp3) is 0.812. The smallest absolute Gasteiger partial charge is 0.227 e. The van der Waals surface area contributed by atoms with Gasteiger partial charge in [-0.1, -0.05) is 5.16 Å². The molecule has 2 heterocycles. The highest BCUT2D eigenvalue weighted by Crippen LogP contribution is 2.48. The van der Waals surface area contributed by atoms with Crippen molar-refractivity contribution in [3.8, 4) is 0 Å². The van der Waals surface area contributed by atoms with Gasteiger partial charge >= 0.3 is 0 Å². The molecular formula is C16H25N5O2. The minimum atomic E-state index is 0.0696. The van der Waals surface area contributed by atoms with Gasteiger partial charge in [0.05, 0.1) is 12.5 Å². The number of aromatic nitrogens is 2. The molecule has 4 unspecified atom stereocenters. The minimum Gasteiger partial charge on any atom is -0.340 e. The Hall–Kier alpha value is -1.47. The third-order valence-corrected chi connectivity index (χ3v) is 5.88. The molecule has 3 aliphatic rings. The van der Waals surface area contributed by atoms with Crippen molar-refractivity contribution < 1.29 is 9.32 Å². The molecule has 1 aromatic heterocycles. The average molecular weight is 319 g/mol. The zero-order valence-electron chi connectivity index (χ0n) is 13.6. The number of carbonyl (C=O) groups is 1. The van der Waals surface area contributed by atoms with Gasteiger partial charge in [-0.05, 0) is 31.1 Å². The molecule has 1 aliphatic heterocycles. The van der Waals surface area contributed by atoms with Crippen molar-refractivity contribution in [3.05, 3.63) is 11.7 Å². The van der Waals surface area contributed by atoms with E-state index in [4.69, 9.17) is 10.3 Å². The number of nitrogens with zero attached hydrogens (tertiary/aromatic N) is 4. The van der Waals surface area contributed by atoms with Crippen LogP contribution < -0.4 is 5.73 Å². The van der Waals surface area contributed by atoms with Crippen LogP contribution in [0.25, 0.3) is 0 Å². The van der Waals surface area contributed by atoms with Gasteiger partial charge in [0, 0.05) is 39.1 Å². The number of carbonyl (C=O) groups excluding carboxylic acids is 1. The van der Waals surface area contributed by atoms with E-state index in [9.17, 15) is 4.79 Å². The Morgan fingerprint density at radius 1 is 1.26 bits per heavy atom. The van der Waals surface area contributed by atoms with E-state index in [0.29, 0.717) is 30.2 Å². The van der Waals surface area contributed by atoms with Gasteiger partial charge in [-0.15, -0.1) is 0 Å². The molecule has 2 aliphatic carbocycles. The lowest BCUT2D eigenvalue weighted by atomic mass is 9.84. The van der Waals surface area contributed by atoms with Crippen LogP contribution in [-0.2, 0) is 11.3 Å². The molecule has 0 radical (unpaired) electrons. The second-order valence-corrected chi connectivity index (χ2v) is 7.27. The maximum absolute atomic E-state index is 12.9. The van der Waals surface area contributed by atoms with Crippen LogP contribution in [0.4, 0.5) is 0 Å². The predicted octanol–water partition coefficient (Wildman–Crippen LogP) is 0.396. The summed E-state index contributed by atoms with van der Waals surface area (Å²) in [6.45, 7) is 5.75. The molecule has 1 amide bonds. The van der Waals surface area contributed by atoms with Crippen molar-refractivity contribution in [1.29, 1.82) is 0 Å². The SMILES string of the molecule is Cc1nc(CN2CCN(C(=O)C3C4CCC(C4)C3N)CC2)no1. The normalized spacial score (nSPS) is 34.3. The molecule has 2 bridgehead atoms. The summed E-state index contributed by atoms with van der Waals surface area (Å²) >= 11 is 0. The van der Waals surface area contributed by atoms with Crippen molar-refractivity contribution in [3.63, 3.8) is 0 Å². The standard InChI is InChI=1S/C16H25N5O2/c1-10-18-13(19-23-10)9-20-4-6-21(7-5-20)16(22)14-11-2-3-12(8-11)15(14)17/h11-12,14-15H,2-9,17H2,1H3. The molecule has 0 spiro atoms. The fourth-order valence-corrected chi connectivity index (χ4v) is 4.64. The first-order valence-corrected chi connectivity index (χ1v) is 8.67. The molecule has 4 rings (SSSR count). The number of rotatable bonds is 3. The highest BCUT2D eigenvalue weighted by atomic mass is 16.5. The van der Waals surface area contributed by atoms with Gasteiger partial charge in [0.15, 0.2) is 5.82 Å². The van der Waals surface area contributed by atoms with Gasteiger partial charge in [-0.2, -0.15) is 4.98 Å². The maximum atomic E-state index is 12.9. The van der Waals surface area contributed by atoms with Crippen LogP contribution in [0.2, 0.25) is 0 Å². The van der Waals surface area contributed by atoms with Crippen LogP contribution in [-0.4, -0.2) is 58.1 Å². The lowest BCUT2D eigenvalue weighted by Gasteiger charge is -2.38. The number of hydrogen-bond donors (Lipinski definition) is 1. The average Bonchev–Trinajstić information content (AvgIpc) is 3.24. The third kappa shape index (κ3) is 2.76. The number of fused-ring (bicyclic) bond motifs is 2. The van der Waals surface area contributed by atoms with E-state index < -0.39 is 0 Å². The number of amides is 1. The summed E-state index contributed by atoms with van der Waals surface area (Å²) < 4.78 is 5.01.